The van der Waals surface area contributed by atoms with E-state index in [1.165, 1.54) is 0 Å². The number of aliphatic hydroxyl groups excluding tert-OH is 1. The van der Waals surface area contributed by atoms with Gasteiger partial charge in [-0.15, -0.1) is 0 Å². The van der Waals surface area contributed by atoms with Crippen LogP contribution in [-0.2, 0) is 16.1 Å². The summed E-state index contributed by atoms with van der Waals surface area (Å²) in [6.07, 6.45) is 0. The molecule has 0 bridgehead atoms. The number of ether oxygens (including phenoxy) is 1. The summed E-state index contributed by atoms with van der Waals surface area (Å²) in [4.78, 5) is 24.0. The van der Waals surface area contributed by atoms with Crippen LogP contribution in [0.2, 0.25) is 5.02 Å². The topological polar surface area (TPSA) is 87.7 Å². The smallest absolute Gasteiger partial charge is 0.340 e. The van der Waals surface area contributed by atoms with Crippen LogP contribution < -0.4 is 10.6 Å². The summed E-state index contributed by atoms with van der Waals surface area (Å²) < 4.78 is 5.04. The Morgan fingerprint density at radius 2 is 1.80 bits per heavy atom. The zero-order chi connectivity index (χ0) is 18.1. The summed E-state index contributed by atoms with van der Waals surface area (Å²) in [6, 6.07) is 13.9. The predicted octanol–water partition coefficient (Wildman–Crippen LogP) is 2.22. The van der Waals surface area contributed by atoms with E-state index in [0.29, 0.717) is 22.8 Å². The highest BCUT2D eigenvalue weighted by Gasteiger charge is 2.14. The Bertz CT molecular complexity index is 737. The average molecular weight is 363 g/mol. The van der Waals surface area contributed by atoms with Crippen molar-refractivity contribution in [3.63, 3.8) is 0 Å². The van der Waals surface area contributed by atoms with Crippen LogP contribution in [0.4, 0.5) is 5.69 Å². The van der Waals surface area contributed by atoms with E-state index >= 15 is 0 Å². The van der Waals surface area contributed by atoms with Crippen LogP contribution in [-0.4, -0.2) is 36.7 Å². The van der Waals surface area contributed by atoms with Gasteiger partial charge in [-0.2, -0.15) is 0 Å². The van der Waals surface area contributed by atoms with Gasteiger partial charge in [-0.25, -0.2) is 4.79 Å². The summed E-state index contributed by atoms with van der Waals surface area (Å²) in [6.45, 7) is 0.110. The van der Waals surface area contributed by atoms with Gasteiger partial charge < -0.3 is 20.5 Å². The van der Waals surface area contributed by atoms with Gasteiger partial charge in [0.2, 0.25) is 0 Å². The molecule has 1 amide bonds. The lowest BCUT2D eigenvalue weighted by atomic mass is 10.2. The number of hydrogen-bond donors (Lipinski definition) is 3. The van der Waals surface area contributed by atoms with E-state index in [4.69, 9.17) is 21.4 Å². The zero-order valence-electron chi connectivity index (χ0n) is 13.5. The van der Waals surface area contributed by atoms with Crippen LogP contribution in [0.5, 0.6) is 0 Å². The molecule has 0 aliphatic carbocycles. The number of amides is 1. The first-order valence-electron chi connectivity index (χ1n) is 7.73. The second kappa shape index (κ2) is 9.66. The summed E-state index contributed by atoms with van der Waals surface area (Å²) in [5.74, 6) is -1.04. The maximum atomic E-state index is 12.1. The molecule has 6 nitrogen and oxygen atoms in total. The lowest BCUT2D eigenvalue weighted by Crippen LogP contribution is -2.28. The van der Waals surface area contributed by atoms with Gasteiger partial charge in [0.15, 0.2) is 6.61 Å². The molecule has 0 saturated heterocycles. The summed E-state index contributed by atoms with van der Waals surface area (Å²) in [7, 11) is 0. The maximum Gasteiger partial charge on any atom is 0.340 e. The third-order valence-corrected chi connectivity index (χ3v) is 3.71. The van der Waals surface area contributed by atoms with Crippen molar-refractivity contribution >= 4 is 29.2 Å². The fourth-order valence-corrected chi connectivity index (χ4v) is 2.30. The highest BCUT2D eigenvalue weighted by molar-refractivity contribution is 6.31. The number of aliphatic hydroxyl groups is 1. The molecule has 0 saturated carbocycles. The first-order valence-corrected chi connectivity index (χ1v) is 8.10. The normalized spacial score (nSPS) is 10.2. The van der Waals surface area contributed by atoms with E-state index in [0.717, 1.165) is 5.56 Å². The highest BCUT2D eigenvalue weighted by atomic mass is 35.5. The van der Waals surface area contributed by atoms with Crippen LogP contribution in [0, 0.1) is 0 Å². The molecule has 2 rings (SSSR count). The zero-order valence-corrected chi connectivity index (χ0v) is 14.3. The number of benzene rings is 2. The third kappa shape index (κ3) is 5.77. The quantitative estimate of drug-likeness (QED) is 0.627. The second-order valence-electron chi connectivity index (χ2n) is 5.14. The monoisotopic (exact) mass is 362 g/mol. The molecule has 132 valence electrons. The number of esters is 1. The molecule has 2 aromatic rings. The molecule has 0 aromatic heterocycles. The Kier molecular flexibility index (Phi) is 7.25. The standard InChI is InChI=1S/C18H19ClN2O4/c19-15-7-3-1-5-13(15)11-21-17(23)12-25-18(24)14-6-2-4-8-16(14)20-9-10-22/h1-8,20,22H,9-12H2,(H,21,23). The van der Waals surface area contributed by atoms with Crippen LogP contribution in [0.1, 0.15) is 15.9 Å². The van der Waals surface area contributed by atoms with Gasteiger partial charge >= 0.3 is 5.97 Å². The molecule has 0 unspecified atom stereocenters. The molecule has 0 radical (unpaired) electrons. The van der Waals surface area contributed by atoms with Crippen LogP contribution in [0.15, 0.2) is 48.5 Å². The first-order chi connectivity index (χ1) is 12.1. The molecule has 2 aromatic carbocycles. The Morgan fingerprint density at radius 3 is 2.56 bits per heavy atom. The number of anilines is 1. The summed E-state index contributed by atoms with van der Waals surface area (Å²) in [5, 5.41) is 15.0. The summed E-state index contributed by atoms with van der Waals surface area (Å²) >= 11 is 6.01. The Hall–Kier alpha value is -2.57. The molecule has 0 fully saturated rings. The fourth-order valence-electron chi connectivity index (χ4n) is 2.10. The minimum atomic E-state index is -0.617. The van der Waals surface area contributed by atoms with Crippen molar-refractivity contribution in [1.82, 2.24) is 5.32 Å². The largest absolute Gasteiger partial charge is 0.452 e. The molecule has 3 N–H and O–H groups in total. The van der Waals surface area contributed by atoms with Gasteiger partial charge in [-0.05, 0) is 23.8 Å². The number of carbonyl (C=O) groups is 2. The van der Waals surface area contributed by atoms with Gasteiger partial charge in [0.05, 0.1) is 12.2 Å². The molecule has 25 heavy (non-hydrogen) atoms. The lowest BCUT2D eigenvalue weighted by Gasteiger charge is -2.11. The maximum absolute atomic E-state index is 12.1. The number of nitrogens with one attached hydrogen (secondary N) is 2. The predicted molar refractivity (Wildman–Crippen MR) is 95.6 cm³/mol. The van der Waals surface area contributed by atoms with Gasteiger partial charge in [-0.3, -0.25) is 4.79 Å². The van der Waals surface area contributed by atoms with E-state index in [1.807, 2.05) is 6.07 Å². The third-order valence-electron chi connectivity index (χ3n) is 3.34. The second-order valence-corrected chi connectivity index (χ2v) is 5.55. The van der Waals surface area contributed by atoms with Gasteiger partial charge in [0.25, 0.3) is 5.91 Å². The number of rotatable bonds is 8. The molecular formula is C18H19ClN2O4. The van der Waals surface area contributed by atoms with Crippen molar-refractivity contribution in [2.45, 2.75) is 6.54 Å². The van der Waals surface area contributed by atoms with Crippen molar-refractivity contribution in [2.24, 2.45) is 0 Å². The van der Waals surface area contributed by atoms with Crippen molar-refractivity contribution in [1.29, 1.82) is 0 Å². The van der Waals surface area contributed by atoms with E-state index in [-0.39, 0.29) is 13.2 Å². The highest BCUT2D eigenvalue weighted by Crippen LogP contribution is 2.16. The van der Waals surface area contributed by atoms with Crippen molar-refractivity contribution < 1.29 is 19.4 Å². The molecular weight excluding hydrogens is 344 g/mol. The Labute approximate surface area is 150 Å². The van der Waals surface area contributed by atoms with Crippen molar-refractivity contribution in [3.8, 4) is 0 Å². The number of carbonyl (C=O) groups excluding carboxylic acids is 2. The van der Waals surface area contributed by atoms with Crippen LogP contribution >= 0.6 is 11.6 Å². The van der Waals surface area contributed by atoms with Gasteiger partial charge in [-0.1, -0.05) is 41.9 Å². The summed E-state index contributed by atoms with van der Waals surface area (Å²) in [5.41, 5.74) is 1.62. The molecule has 0 aliphatic heterocycles. The van der Waals surface area contributed by atoms with Crippen LogP contribution in [0.3, 0.4) is 0 Å². The van der Waals surface area contributed by atoms with E-state index in [2.05, 4.69) is 10.6 Å². The Morgan fingerprint density at radius 1 is 1.08 bits per heavy atom. The van der Waals surface area contributed by atoms with E-state index in [9.17, 15) is 9.59 Å². The first kappa shape index (κ1) is 18.8. The molecule has 0 atom stereocenters. The molecule has 0 aliphatic rings. The minimum Gasteiger partial charge on any atom is -0.452 e. The molecule has 0 spiro atoms. The minimum absolute atomic E-state index is 0.0617. The van der Waals surface area contributed by atoms with Gasteiger partial charge in [0, 0.05) is 23.8 Å². The average Bonchev–Trinajstić information content (AvgIpc) is 2.64. The SMILES string of the molecule is O=C(COC(=O)c1ccccc1NCCO)NCc1ccccc1Cl. The van der Waals surface area contributed by atoms with Crippen molar-refractivity contribution in [2.75, 3.05) is 25.1 Å². The Balaban J connectivity index is 1.85. The number of hydrogen-bond acceptors (Lipinski definition) is 5. The lowest BCUT2D eigenvalue weighted by molar-refractivity contribution is -0.124. The molecule has 7 heteroatoms. The molecule has 0 heterocycles. The fraction of sp³-hybridized carbons (Fsp3) is 0.222. The number of para-hydroxylation sites is 1. The number of halogens is 1. The van der Waals surface area contributed by atoms with Crippen molar-refractivity contribution in [3.05, 3.63) is 64.7 Å². The van der Waals surface area contributed by atoms with E-state index < -0.39 is 18.5 Å². The van der Waals surface area contributed by atoms with Gasteiger partial charge in [0.1, 0.15) is 0 Å². The van der Waals surface area contributed by atoms with E-state index in [1.54, 1.807) is 42.5 Å². The van der Waals surface area contributed by atoms with Crippen LogP contribution in [0.25, 0.3) is 0 Å².